The number of fused-ring (bicyclic) bond motifs is 1. The van der Waals surface area contributed by atoms with Crippen LogP contribution in [0.25, 0.3) is 11.0 Å². The maximum absolute atomic E-state index is 8.63. The van der Waals surface area contributed by atoms with Gasteiger partial charge in [-0.1, -0.05) is 0 Å². The number of aliphatic hydroxyl groups is 1. The molecule has 0 saturated heterocycles. The normalized spacial score (nSPS) is 10.7. The molecule has 0 unspecified atom stereocenters. The number of aromatic amines is 1. The molecule has 80 valence electrons. The zero-order valence-electron chi connectivity index (χ0n) is 8.33. The number of rotatable bonds is 4. The summed E-state index contributed by atoms with van der Waals surface area (Å²) in [6.45, 7) is 0.881. The van der Waals surface area contributed by atoms with Gasteiger partial charge in [0.1, 0.15) is 0 Å². The van der Waals surface area contributed by atoms with Gasteiger partial charge in [0.2, 0.25) is 5.95 Å². The first-order chi connectivity index (χ1) is 7.29. The van der Waals surface area contributed by atoms with Crippen LogP contribution in [0, 0.1) is 0 Å². The second-order valence-corrected chi connectivity index (χ2v) is 3.37. The van der Waals surface area contributed by atoms with Crippen LogP contribution in [0.3, 0.4) is 0 Å². The highest BCUT2D eigenvalue weighted by Crippen LogP contribution is 2.16. The molecule has 15 heavy (non-hydrogen) atoms. The van der Waals surface area contributed by atoms with Gasteiger partial charge in [0, 0.05) is 18.8 Å². The fourth-order valence-corrected chi connectivity index (χ4v) is 1.40. The molecule has 0 radical (unpaired) electrons. The van der Waals surface area contributed by atoms with Crippen molar-refractivity contribution < 1.29 is 5.11 Å². The minimum atomic E-state index is 0.181. The molecule has 0 spiro atoms. The SMILES string of the molecule is Nc1ccc2nc(NCCCO)[nH]c2c1. The maximum Gasteiger partial charge on any atom is 0.201 e. The topological polar surface area (TPSA) is 87.0 Å². The number of aliphatic hydroxyl groups excluding tert-OH is 1. The summed E-state index contributed by atoms with van der Waals surface area (Å²) in [6.07, 6.45) is 0.708. The molecule has 5 N–H and O–H groups in total. The van der Waals surface area contributed by atoms with Crippen LogP contribution in [0.1, 0.15) is 6.42 Å². The van der Waals surface area contributed by atoms with Gasteiger partial charge in [-0.25, -0.2) is 4.98 Å². The Hall–Kier alpha value is -1.75. The quantitative estimate of drug-likeness (QED) is 0.443. The summed E-state index contributed by atoms with van der Waals surface area (Å²) in [4.78, 5) is 7.43. The van der Waals surface area contributed by atoms with Crippen molar-refractivity contribution in [1.29, 1.82) is 0 Å². The molecule has 1 aromatic heterocycles. The van der Waals surface area contributed by atoms with Crippen LogP contribution < -0.4 is 11.1 Å². The average Bonchev–Trinajstić information content (AvgIpc) is 2.60. The third-order valence-corrected chi connectivity index (χ3v) is 2.13. The first-order valence-corrected chi connectivity index (χ1v) is 4.89. The van der Waals surface area contributed by atoms with Crippen molar-refractivity contribution in [2.75, 3.05) is 24.2 Å². The Morgan fingerprint density at radius 1 is 1.47 bits per heavy atom. The summed E-state index contributed by atoms with van der Waals surface area (Å²) >= 11 is 0. The number of hydrogen-bond donors (Lipinski definition) is 4. The highest BCUT2D eigenvalue weighted by Gasteiger charge is 2.01. The van der Waals surface area contributed by atoms with Crippen LogP contribution in [0.2, 0.25) is 0 Å². The fourth-order valence-electron chi connectivity index (χ4n) is 1.40. The van der Waals surface area contributed by atoms with E-state index >= 15 is 0 Å². The van der Waals surface area contributed by atoms with Crippen molar-refractivity contribution in [3.63, 3.8) is 0 Å². The van der Waals surface area contributed by atoms with Gasteiger partial charge in [-0.05, 0) is 24.6 Å². The number of nitrogen functional groups attached to an aromatic ring is 1. The molecule has 0 bridgehead atoms. The lowest BCUT2D eigenvalue weighted by Crippen LogP contribution is -2.04. The average molecular weight is 206 g/mol. The molecule has 0 atom stereocenters. The summed E-state index contributed by atoms with van der Waals surface area (Å²) in [7, 11) is 0. The van der Waals surface area contributed by atoms with Crippen molar-refractivity contribution in [2.24, 2.45) is 0 Å². The van der Waals surface area contributed by atoms with Crippen LogP contribution in [0.4, 0.5) is 11.6 Å². The summed E-state index contributed by atoms with van der Waals surface area (Å²) in [5.41, 5.74) is 8.17. The van der Waals surface area contributed by atoms with Crippen molar-refractivity contribution in [2.45, 2.75) is 6.42 Å². The van der Waals surface area contributed by atoms with E-state index in [-0.39, 0.29) is 6.61 Å². The van der Waals surface area contributed by atoms with Gasteiger partial charge in [0.25, 0.3) is 0 Å². The number of hydrogen-bond acceptors (Lipinski definition) is 4. The van der Waals surface area contributed by atoms with Gasteiger partial charge in [0.15, 0.2) is 0 Å². The first-order valence-electron chi connectivity index (χ1n) is 4.89. The van der Waals surface area contributed by atoms with Gasteiger partial charge < -0.3 is 21.1 Å². The van der Waals surface area contributed by atoms with Gasteiger partial charge in [0.05, 0.1) is 11.0 Å². The monoisotopic (exact) mass is 206 g/mol. The van der Waals surface area contributed by atoms with Crippen LogP contribution in [-0.4, -0.2) is 28.2 Å². The zero-order valence-corrected chi connectivity index (χ0v) is 8.33. The number of nitrogens with two attached hydrogens (primary N) is 1. The van der Waals surface area contributed by atoms with Crippen LogP contribution in [0.15, 0.2) is 18.2 Å². The molecule has 0 aliphatic carbocycles. The second kappa shape index (κ2) is 4.18. The lowest BCUT2D eigenvalue weighted by molar-refractivity contribution is 0.292. The molecule has 0 aliphatic heterocycles. The Morgan fingerprint density at radius 2 is 2.33 bits per heavy atom. The Kier molecular flexibility index (Phi) is 2.73. The van der Waals surface area contributed by atoms with Crippen LogP contribution >= 0.6 is 0 Å². The molecule has 1 aromatic carbocycles. The minimum absolute atomic E-state index is 0.181. The lowest BCUT2D eigenvalue weighted by atomic mass is 10.3. The number of aromatic nitrogens is 2. The third-order valence-electron chi connectivity index (χ3n) is 2.13. The molecule has 0 saturated carbocycles. The predicted octanol–water partition coefficient (Wildman–Crippen LogP) is 0.939. The Labute approximate surface area is 87.3 Å². The van der Waals surface area contributed by atoms with Crippen molar-refractivity contribution in [1.82, 2.24) is 9.97 Å². The molecule has 2 rings (SSSR count). The van der Waals surface area contributed by atoms with Crippen molar-refractivity contribution in [3.05, 3.63) is 18.2 Å². The van der Waals surface area contributed by atoms with Gasteiger partial charge in [-0.15, -0.1) is 0 Å². The lowest BCUT2D eigenvalue weighted by Gasteiger charge is -1.98. The molecule has 5 heteroatoms. The molecular formula is C10H14N4O. The molecule has 0 amide bonds. The number of H-pyrrole nitrogens is 1. The number of imidazole rings is 1. The number of nitrogens with zero attached hydrogens (tertiary/aromatic N) is 1. The van der Waals surface area contributed by atoms with E-state index in [0.717, 1.165) is 11.0 Å². The molecule has 0 aliphatic rings. The molecular weight excluding hydrogens is 192 g/mol. The summed E-state index contributed by atoms with van der Waals surface area (Å²) < 4.78 is 0. The van der Waals surface area contributed by atoms with Gasteiger partial charge in [-0.3, -0.25) is 0 Å². The highest BCUT2D eigenvalue weighted by molar-refractivity contribution is 5.80. The highest BCUT2D eigenvalue weighted by atomic mass is 16.3. The van der Waals surface area contributed by atoms with Crippen LogP contribution in [-0.2, 0) is 0 Å². The second-order valence-electron chi connectivity index (χ2n) is 3.37. The standard InChI is InChI=1S/C10H14N4O/c11-7-2-3-8-9(6-7)14-10(13-8)12-4-1-5-15/h2-3,6,15H,1,4-5,11H2,(H2,12,13,14). The number of nitrogens with one attached hydrogen (secondary N) is 2. The van der Waals surface area contributed by atoms with E-state index in [1.54, 1.807) is 0 Å². The Bertz CT molecular complexity index is 452. The van der Waals surface area contributed by atoms with E-state index in [2.05, 4.69) is 15.3 Å². The molecule has 1 heterocycles. The summed E-state index contributed by atoms with van der Waals surface area (Å²) in [5, 5.41) is 11.7. The van der Waals surface area contributed by atoms with Gasteiger partial charge in [-0.2, -0.15) is 0 Å². The van der Waals surface area contributed by atoms with Crippen molar-refractivity contribution >= 4 is 22.7 Å². The van der Waals surface area contributed by atoms with E-state index in [9.17, 15) is 0 Å². The number of benzene rings is 1. The smallest absolute Gasteiger partial charge is 0.201 e. The minimum Gasteiger partial charge on any atom is -0.399 e. The third kappa shape index (κ3) is 2.19. The van der Waals surface area contributed by atoms with E-state index in [0.29, 0.717) is 24.6 Å². The fraction of sp³-hybridized carbons (Fsp3) is 0.300. The molecule has 5 nitrogen and oxygen atoms in total. The van der Waals surface area contributed by atoms with E-state index in [1.165, 1.54) is 0 Å². The van der Waals surface area contributed by atoms with E-state index < -0.39 is 0 Å². The van der Waals surface area contributed by atoms with E-state index in [1.807, 2.05) is 18.2 Å². The summed E-state index contributed by atoms with van der Waals surface area (Å²) in [6, 6.07) is 5.54. The first kappa shape index (κ1) is 9.79. The molecule has 2 aromatic rings. The largest absolute Gasteiger partial charge is 0.399 e. The van der Waals surface area contributed by atoms with E-state index in [4.69, 9.17) is 10.8 Å². The Balaban J connectivity index is 2.16. The maximum atomic E-state index is 8.63. The summed E-state index contributed by atoms with van der Waals surface area (Å²) in [5.74, 6) is 0.712. The number of anilines is 2. The zero-order chi connectivity index (χ0) is 10.7. The van der Waals surface area contributed by atoms with Crippen LogP contribution in [0.5, 0.6) is 0 Å². The Morgan fingerprint density at radius 3 is 3.13 bits per heavy atom. The predicted molar refractivity (Wildman–Crippen MR) is 60.7 cm³/mol. The van der Waals surface area contributed by atoms with Crippen molar-refractivity contribution in [3.8, 4) is 0 Å². The van der Waals surface area contributed by atoms with Gasteiger partial charge >= 0.3 is 0 Å². The molecule has 0 fully saturated rings.